The fourth-order valence-corrected chi connectivity index (χ4v) is 2.71. The van der Waals surface area contributed by atoms with Gasteiger partial charge in [0.05, 0.1) is 17.9 Å². The molecule has 1 aromatic heterocycles. The Morgan fingerprint density at radius 2 is 1.86 bits per heavy atom. The third-order valence-corrected chi connectivity index (χ3v) is 4.11. The average molecular weight is 379 g/mol. The zero-order valence-electron chi connectivity index (χ0n) is 15.6. The van der Waals surface area contributed by atoms with Gasteiger partial charge in [-0.15, -0.1) is 0 Å². The van der Waals surface area contributed by atoms with E-state index in [-0.39, 0.29) is 11.7 Å². The second-order valence-corrected chi connectivity index (χ2v) is 6.08. The number of carbonyl (C=O) groups excluding carboxylic acids is 1. The minimum absolute atomic E-state index is 0.245. The smallest absolute Gasteiger partial charge is 0.252 e. The van der Waals surface area contributed by atoms with Crippen molar-refractivity contribution in [1.82, 2.24) is 10.3 Å². The number of ether oxygens (including phenoxy) is 1. The highest BCUT2D eigenvalue weighted by Crippen LogP contribution is 2.26. The second-order valence-electron chi connectivity index (χ2n) is 6.08. The number of nitrogens with zero attached hydrogens (tertiary/aromatic N) is 1. The molecular weight excluding hydrogens is 357 g/mol. The molecule has 0 saturated carbocycles. The first-order valence-corrected chi connectivity index (χ1v) is 9.14. The van der Waals surface area contributed by atoms with Gasteiger partial charge in [-0.1, -0.05) is 30.3 Å². The Hall–Kier alpha value is -3.41. The molecule has 0 aliphatic rings. The molecule has 5 nitrogen and oxygen atoms in total. The topological polar surface area (TPSA) is 63.2 Å². The minimum Gasteiger partial charge on any atom is -0.492 e. The first kappa shape index (κ1) is 19.4. The molecule has 144 valence electrons. The summed E-state index contributed by atoms with van der Waals surface area (Å²) in [6.07, 6.45) is 1.93. The van der Waals surface area contributed by atoms with Crippen molar-refractivity contribution in [1.29, 1.82) is 0 Å². The zero-order valence-corrected chi connectivity index (χ0v) is 15.6. The maximum absolute atomic E-state index is 13.6. The number of para-hydroxylation sites is 2. The molecule has 0 bridgehead atoms. The fraction of sp³-hybridized carbons (Fsp3) is 0.182. The van der Waals surface area contributed by atoms with Gasteiger partial charge < -0.3 is 15.4 Å². The van der Waals surface area contributed by atoms with Gasteiger partial charge in [0, 0.05) is 12.7 Å². The van der Waals surface area contributed by atoms with Gasteiger partial charge in [0.25, 0.3) is 5.91 Å². The van der Waals surface area contributed by atoms with Gasteiger partial charge in [0.1, 0.15) is 17.4 Å². The zero-order chi connectivity index (χ0) is 19.8. The van der Waals surface area contributed by atoms with E-state index in [1.54, 1.807) is 30.3 Å². The number of aromatic nitrogens is 1. The predicted molar refractivity (Wildman–Crippen MR) is 108 cm³/mol. The van der Waals surface area contributed by atoms with Crippen LogP contribution in [0.3, 0.4) is 0 Å². The number of halogens is 1. The van der Waals surface area contributed by atoms with Crippen LogP contribution in [0.25, 0.3) is 0 Å². The number of pyridine rings is 1. The van der Waals surface area contributed by atoms with E-state index in [2.05, 4.69) is 15.6 Å². The molecular formula is C22H22FN3O2. The first-order chi connectivity index (χ1) is 13.7. The van der Waals surface area contributed by atoms with Crippen LogP contribution >= 0.6 is 0 Å². The molecule has 0 saturated heterocycles. The third-order valence-electron chi connectivity index (χ3n) is 4.11. The van der Waals surface area contributed by atoms with Crippen LogP contribution < -0.4 is 15.4 Å². The molecule has 0 unspecified atom stereocenters. The molecule has 6 heteroatoms. The van der Waals surface area contributed by atoms with Crippen molar-refractivity contribution in [3.05, 3.63) is 83.8 Å². The van der Waals surface area contributed by atoms with Crippen LogP contribution in [0.4, 0.5) is 15.9 Å². The van der Waals surface area contributed by atoms with E-state index in [1.807, 2.05) is 31.2 Å². The second kappa shape index (κ2) is 9.50. The summed E-state index contributed by atoms with van der Waals surface area (Å²) in [6, 6.07) is 17.6. The lowest BCUT2D eigenvalue weighted by atomic mass is 10.1. The van der Waals surface area contributed by atoms with E-state index in [4.69, 9.17) is 4.74 Å². The lowest BCUT2D eigenvalue weighted by Crippen LogP contribution is -2.26. The van der Waals surface area contributed by atoms with E-state index in [0.29, 0.717) is 36.5 Å². The molecule has 2 aromatic carbocycles. The first-order valence-electron chi connectivity index (χ1n) is 9.14. The standard InChI is InChI=1S/C22H22FN3O2/c1-2-28-20-10-6-5-9-19(20)26-21-12-11-17(15-25-21)22(27)24-14-13-16-7-3-4-8-18(16)23/h3-12,15H,2,13-14H2,1H3,(H,24,27)(H,25,26). The lowest BCUT2D eigenvalue weighted by Gasteiger charge is -2.12. The Morgan fingerprint density at radius 3 is 2.61 bits per heavy atom. The maximum atomic E-state index is 13.6. The highest BCUT2D eigenvalue weighted by Gasteiger charge is 2.08. The van der Waals surface area contributed by atoms with Crippen LogP contribution in [-0.2, 0) is 6.42 Å². The highest BCUT2D eigenvalue weighted by molar-refractivity contribution is 5.94. The molecule has 0 radical (unpaired) electrons. The molecule has 3 aromatic rings. The Labute approximate surface area is 163 Å². The molecule has 0 fully saturated rings. The summed E-state index contributed by atoms with van der Waals surface area (Å²) in [4.78, 5) is 16.5. The monoisotopic (exact) mass is 379 g/mol. The fourth-order valence-electron chi connectivity index (χ4n) is 2.71. The summed E-state index contributed by atoms with van der Waals surface area (Å²) in [6.45, 7) is 2.84. The number of hydrogen-bond acceptors (Lipinski definition) is 4. The quantitative estimate of drug-likeness (QED) is 0.611. The SMILES string of the molecule is CCOc1ccccc1Nc1ccc(C(=O)NCCc2ccccc2F)cn1. The number of benzene rings is 2. The van der Waals surface area contributed by atoms with E-state index >= 15 is 0 Å². The summed E-state index contributed by atoms with van der Waals surface area (Å²) < 4.78 is 19.2. The largest absolute Gasteiger partial charge is 0.492 e. The van der Waals surface area contributed by atoms with Gasteiger partial charge in [0.15, 0.2) is 0 Å². The van der Waals surface area contributed by atoms with Crippen molar-refractivity contribution in [2.24, 2.45) is 0 Å². The van der Waals surface area contributed by atoms with Crippen molar-refractivity contribution in [2.75, 3.05) is 18.5 Å². The lowest BCUT2D eigenvalue weighted by molar-refractivity contribution is 0.0953. The van der Waals surface area contributed by atoms with Crippen molar-refractivity contribution in [2.45, 2.75) is 13.3 Å². The van der Waals surface area contributed by atoms with Crippen LogP contribution in [0.5, 0.6) is 5.75 Å². The molecule has 1 amide bonds. The Bertz CT molecular complexity index is 929. The number of rotatable bonds is 8. The Balaban J connectivity index is 1.56. The van der Waals surface area contributed by atoms with E-state index < -0.39 is 0 Å². The van der Waals surface area contributed by atoms with Crippen molar-refractivity contribution >= 4 is 17.4 Å². The maximum Gasteiger partial charge on any atom is 0.252 e. The highest BCUT2D eigenvalue weighted by atomic mass is 19.1. The molecule has 0 spiro atoms. The van der Waals surface area contributed by atoms with Crippen LogP contribution in [-0.4, -0.2) is 24.0 Å². The number of hydrogen-bond donors (Lipinski definition) is 2. The van der Waals surface area contributed by atoms with Gasteiger partial charge in [-0.2, -0.15) is 0 Å². The van der Waals surface area contributed by atoms with Gasteiger partial charge in [-0.25, -0.2) is 9.37 Å². The van der Waals surface area contributed by atoms with Gasteiger partial charge >= 0.3 is 0 Å². The van der Waals surface area contributed by atoms with Crippen LogP contribution in [0, 0.1) is 5.82 Å². The van der Waals surface area contributed by atoms with Gasteiger partial charge in [-0.05, 0) is 49.2 Å². The number of nitrogens with one attached hydrogen (secondary N) is 2. The number of amides is 1. The van der Waals surface area contributed by atoms with Crippen LogP contribution in [0.1, 0.15) is 22.8 Å². The molecule has 3 rings (SSSR count). The normalized spacial score (nSPS) is 10.4. The summed E-state index contributed by atoms with van der Waals surface area (Å²) in [5.41, 5.74) is 1.82. The molecule has 1 heterocycles. The van der Waals surface area contributed by atoms with Gasteiger partial charge in [-0.3, -0.25) is 4.79 Å². The van der Waals surface area contributed by atoms with E-state index in [1.165, 1.54) is 12.3 Å². The van der Waals surface area contributed by atoms with Gasteiger partial charge in [0.2, 0.25) is 0 Å². The van der Waals surface area contributed by atoms with Crippen LogP contribution in [0.2, 0.25) is 0 Å². The molecule has 2 N–H and O–H groups in total. The van der Waals surface area contributed by atoms with Crippen LogP contribution in [0.15, 0.2) is 66.9 Å². The molecule has 0 atom stereocenters. The number of carbonyl (C=O) groups is 1. The summed E-state index contributed by atoms with van der Waals surface area (Å²) >= 11 is 0. The van der Waals surface area contributed by atoms with Crippen molar-refractivity contribution < 1.29 is 13.9 Å². The Kier molecular flexibility index (Phi) is 6.57. The molecule has 28 heavy (non-hydrogen) atoms. The Morgan fingerprint density at radius 1 is 1.07 bits per heavy atom. The predicted octanol–water partition coefficient (Wildman–Crippen LogP) is 4.34. The average Bonchev–Trinajstić information content (AvgIpc) is 2.71. The minimum atomic E-state index is -0.263. The molecule has 0 aliphatic heterocycles. The third kappa shape index (κ3) is 5.07. The van der Waals surface area contributed by atoms with E-state index in [9.17, 15) is 9.18 Å². The number of anilines is 2. The van der Waals surface area contributed by atoms with Crippen molar-refractivity contribution in [3.63, 3.8) is 0 Å². The summed E-state index contributed by atoms with van der Waals surface area (Å²) in [5, 5.41) is 5.97. The molecule has 0 aliphatic carbocycles. The van der Waals surface area contributed by atoms with E-state index in [0.717, 1.165) is 11.4 Å². The van der Waals surface area contributed by atoms with Crippen molar-refractivity contribution in [3.8, 4) is 5.75 Å². The summed E-state index contributed by atoms with van der Waals surface area (Å²) in [5.74, 6) is 0.836. The summed E-state index contributed by atoms with van der Waals surface area (Å²) in [7, 11) is 0.